The fraction of sp³-hybridized carbons (Fsp3) is 0.533. The van der Waals surface area contributed by atoms with Gasteiger partial charge in [0.2, 0.25) is 0 Å². The lowest BCUT2D eigenvalue weighted by Gasteiger charge is -2.31. The number of nitrogens with one attached hydrogen (secondary N) is 1. The largest absolute Gasteiger partial charge is 0.493 e. The molecule has 1 saturated heterocycles. The van der Waals surface area contributed by atoms with Crippen molar-refractivity contribution < 1.29 is 9.53 Å². The van der Waals surface area contributed by atoms with Crippen LogP contribution in [-0.2, 0) is 17.6 Å². The Kier molecular flexibility index (Phi) is 3.63. The van der Waals surface area contributed by atoms with Crippen LogP contribution in [-0.4, -0.2) is 25.5 Å². The summed E-state index contributed by atoms with van der Waals surface area (Å²) in [6, 6.07) is 4.11. The van der Waals surface area contributed by atoms with Crippen LogP contribution in [0.25, 0.3) is 0 Å². The molecule has 1 unspecified atom stereocenters. The molecule has 19 heavy (non-hydrogen) atoms. The Morgan fingerprint density at radius 2 is 2.32 bits per heavy atom. The molecule has 0 bridgehead atoms. The zero-order valence-corrected chi connectivity index (χ0v) is 12.6. The van der Waals surface area contributed by atoms with Crippen molar-refractivity contribution in [1.82, 2.24) is 5.32 Å². The van der Waals surface area contributed by atoms with Crippen LogP contribution in [0.2, 0.25) is 0 Å². The van der Waals surface area contributed by atoms with Crippen LogP contribution < -0.4 is 10.1 Å². The summed E-state index contributed by atoms with van der Waals surface area (Å²) in [5.74, 6) is 1.91. The Balaban J connectivity index is 1.77. The molecule has 3 nitrogen and oxygen atoms in total. The molecule has 102 valence electrons. The molecule has 0 aromatic heterocycles. The summed E-state index contributed by atoms with van der Waals surface area (Å²) in [5, 5.41) is 3.23. The number of fused-ring (bicyclic) bond motifs is 1. The van der Waals surface area contributed by atoms with Gasteiger partial charge < -0.3 is 10.1 Å². The Morgan fingerprint density at radius 3 is 3.00 bits per heavy atom. The molecule has 1 aromatic carbocycles. The lowest BCUT2D eigenvalue weighted by molar-refractivity contribution is -0.123. The molecular weight excluding hydrogens is 306 g/mol. The van der Waals surface area contributed by atoms with Gasteiger partial charge in [-0.1, -0.05) is 22.9 Å². The van der Waals surface area contributed by atoms with Crippen LogP contribution in [0.4, 0.5) is 0 Å². The number of ketones is 1. The summed E-state index contributed by atoms with van der Waals surface area (Å²) >= 11 is 3.52. The maximum Gasteiger partial charge on any atom is 0.140 e. The van der Waals surface area contributed by atoms with Crippen molar-refractivity contribution in [3.05, 3.63) is 27.7 Å². The molecule has 1 aromatic rings. The van der Waals surface area contributed by atoms with E-state index < -0.39 is 0 Å². The highest BCUT2D eigenvalue weighted by Gasteiger charge is 2.29. The zero-order valence-electron chi connectivity index (χ0n) is 11.0. The standard InChI is InChI=1S/C15H18BrNO2/c1-9(12-7-17-8-12)14(18)6-11-5-13(16)4-10-2-3-19-15(10)11/h4-5,9,12,17H,2-3,6-8H2,1H3. The number of benzene rings is 1. The van der Waals surface area contributed by atoms with Crippen LogP contribution in [0.3, 0.4) is 0 Å². The first-order chi connectivity index (χ1) is 9.15. The van der Waals surface area contributed by atoms with Gasteiger partial charge in [0.05, 0.1) is 6.61 Å². The van der Waals surface area contributed by atoms with Gasteiger partial charge >= 0.3 is 0 Å². The van der Waals surface area contributed by atoms with E-state index in [1.165, 1.54) is 5.56 Å². The maximum absolute atomic E-state index is 12.4. The SMILES string of the molecule is CC(C(=O)Cc1cc(Br)cc2c1OCC2)C1CNC1. The van der Waals surface area contributed by atoms with Crippen LogP contribution in [0.5, 0.6) is 5.75 Å². The maximum atomic E-state index is 12.4. The highest BCUT2D eigenvalue weighted by atomic mass is 79.9. The van der Waals surface area contributed by atoms with Crippen LogP contribution in [0.1, 0.15) is 18.1 Å². The van der Waals surface area contributed by atoms with Crippen molar-refractivity contribution in [2.75, 3.05) is 19.7 Å². The van der Waals surface area contributed by atoms with Gasteiger partial charge in [-0.3, -0.25) is 4.79 Å². The number of halogens is 1. The summed E-state index contributed by atoms with van der Waals surface area (Å²) < 4.78 is 6.72. The molecule has 0 radical (unpaired) electrons. The average Bonchev–Trinajstić information content (AvgIpc) is 2.74. The molecule has 2 aliphatic heterocycles. The van der Waals surface area contributed by atoms with Gasteiger partial charge in [0.15, 0.2) is 0 Å². The average molecular weight is 324 g/mol. The first kappa shape index (κ1) is 13.1. The van der Waals surface area contributed by atoms with E-state index in [4.69, 9.17) is 4.74 Å². The number of Topliss-reactive ketones (excluding diaryl/α,β-unsaturated/α-hetero) is 1. The highest BCUT2D eigenvalue weighted by Crippen LogP contribution is 2.34. The fourth-order valence-electron chi connectivity index (χ4n) is 2.75. The van der Waals surface area contributed by atoms with E-state index >= 15 is 0 Å². The molecule has 2 heterocycles. The summed E-state index contributed by atoms with van der Waals surface area (Å²) in [4.78, 5) is 12.4. The first-order valence-electron chi connectivity index (χ1n) is 6.82. The lowest BCUT2D eigenvalue weighted by Crippen LogP contribution is -2.47. The Hall–Kier alpha value is -0.870. The van der Waals surface area contributed by atoms with Gasteiger partial charge in [-0.2, -0.15) is 0 Å². The van der Waals surface area contributed by atoms with E-state index in [9.17, 15) is 4.79 Å². The second-order valence-electron chi connectivity index (χ2n) is 5.50. The second kappa shape index (κ2) is 5.25. The lowest BCUT2D eigenvalue weighted by atomic mass is 9.83. The molecule has 0 spiro atoms. The van der Waals surface area contributed by atoms with Gasteiger partial charge in [0, 0.05) is 28.8 Å². The van der Waals surface area contributed by atoms with E-state index in [2.05, 4.69) is 27.3 Å². The van der Waals surface area contributed by atoms with E-state index in [1.54, 1.807) is 0 Å². The third kappa shape index (κ3) is 2.56. The molecule has 0 aliphatic carbocycles. The predicted molar refractivity (Wildman–Crippen MR) is 77.6 cm³/mol. The summed E-state index contributed by atoms with van der Waals surface area (Å²) in [6.45, 7) is 4.72. The predicted octanol–water partition coefficient (Wildman–Crippen LogP) is 2.35. The van der Waals surface area contributed by atoms with Crippen molar-refractivity contribution in [2.45, 2.75) is 19.8 Å². The number of hydrogen-bond acceptors (Lipinski definition) is 3. The van der Waals surface area contributed by atoms with Crippen molar-refractivity contribution in [3.8, 4) is 5.75 Å². The summed E-state index contributed by atoms with van der Waals surface area (Å²) in [7, 11) is 0. The molecule has 0 amide bonds. The minimum Gasteiger partial charge on any atom is -0.493 e. The second-order valence-corrected chi connectivity index (χ2v) is 6.42. The van der Waals surface area contributed by atoms with Crippen molar-refractivity contribution in [2.24, 2.45) is 11.8 Å². The van der Waals surface area contributed by atoms with Gasteiger partial charge in [0.25, 0.3) is 0 Å². The van der Waals surface area contributed by atoms with Gasteiger partial charge in [0.1, 0.15) is 11.5 Å². The van der Waals surface area contributed by atoms with Crippen molar-refractivity contribution in [3.63, 3.8) is 0 Å². The monoisotopic (exact) mass is 323 g/mol. The number of rotatable bonds is 4. The molecule has 2 aliphatic rings. The molecule has 1 N–H and O–H groups in total. The van der Waals surface area contributed by atoms with Crippen LogP contribution >= 0.6 is 15.9 Å². The fourth-order valence-corrected chi connectivity index (χ4v) is 3.31. The zero-order chi connectivity index (χ0) is 13.4. The van der Waals surface area contributed by atoms with E-state index in [-0.39, 0.29) is 5.92 Å². The van der Waals surface area contributed by atoms with Crippen LogP contribution in [0.15, 0.2) is 16.6 Å². The quantitative estimate of drug-likeness (QED) is 0.924. The molecule has 0 saturated carbocycles. The first-order valence-corrected chi connectivity index (χ1v) is 7.62. The van der Waals surface area contributed by atoms with E-state index in [0.29, 0.717) is 18.1 Å². The normalized spacial score (nSPS) is 19.5. The van der Waals surface area contributed by atoms with Gasteiger partial charge in [-0.15, -0.1) is 0 Å². The summed E-state index contributed by atoms with van der Waals surface area (Å²) in [5.41, 5.74) is 2.25. The minimum atomic E-state index is 0.136. The summed E-state index contributed by atoms with van der Waals surface area (Å²) in [6.07, 6.45) is 1.43. The number of carbonyl (C=O) groups is 1. The minimum absolute atomic E-state index is 0.136. The smallest absolute Gasteiger partial charge is 0.140 e. The number of hydrogen-bond donors (Lipinski definition) is 1. The van der Waals surface area contributed by atoms with Gasteiger partial charge in [-0.05, 0) is 36.7 Å². The molecule has 1 atom stereocenters. The topological polar surface area (TPSA) is 38.3 Å². The number of ether oxygens (including phenoxy) is 1. The van der Waals surface area contributed by atoms with E-state index in [1.807, 2.05) is 13.0 Å². The van der Waals surface area contributed by atoms with Gasteiger partial charge in [-0.25, -0.2) is 0 Å². The van der Waals surface area contributed by atoms with Crippen molar-refractivity contribution >= 4 is 21.7 Å². The number of carbonyl (C=O) groups excluding carboxylic acids is 1. The molecular formula is C15H18BrNO2. The Labute approximate surface area is 121 Å². The van der Waals surface area contributed by atoms with Crippen LogP contribution in [0, 0.1) is 11.8 Å². The van der Waals surface area contributed by atoms with Crippen molar-refractivity contribution in [1.29, 1.82) is 0 Å². The molecule has 3 rings (SSSR count). The third-order valence-corrected chi connectivity index (χ3v) is 4.68. The Bertz CT molecular complexity index is 511. The molecule has 1 fully saturated rings. The highest BCUT2D eigenvalue weighted by molar-refractivity contribution is 9.10. The van der Waals surface area contributed by atoms with E-state index in [0.717, 1.165) is 41.9 Å². The molecule has 4 heteroatoms. The third-order valence-electron chi connectivity index (χ3n) is 4.22. The Morgan fingerprint density at radius 1 is 1.53 bits per heavy atom.